The van der Waals surface area contributed by atoms with Crippen molar-refractivity contribution in [3.05, 3.63) is 41.5 Å². The molecule has 0 radical (unpaired) electrons. The van der Waals surface area contributed by atoms with Crippen LogP contribution in [0.2, 0.25) is 0 Å². The third-order valence-electron chi connectivity index (χ3n) is 8.97. The largest absolute Gasteiger partial charge is 0.352 e. The van der Waals surface area contributed by atoms with Crippen LogP contribution in [0.4, 0.5) is 5.82 Å². The van der Waals surface area contributed by atoms with Gasteiger partial charge in [-0.05, 0) is 68.8 Å². The first-order valence-electron chi connectivity index (χ1n) is 12.9. The van der Waals surface area contributed by atoms with Crippen molar-refractivity contribution in [3.63, 3.8) is 0 Å². The van der Waals surface area contributed by atoms with Gasteiger partial charge in [0, 0.05) is 37.1 Å². The maximum absolute atomic E-state index is 13.8. The summed E-state index contributed by atoms with van der Waals surface area (Å²) in [5, 5.41) is 3.37. The molecule has 4 saturated carbocycles. The van der Waals surface area contributed by atoms with Crippen LogP contribution in [0.5, 0.6) is 0 Å². The summed E-state index contributed by atoms with van der Waals surface area (Å²) in [6.07, 6.45) is 7.60. The molecule has 34 heavy (non-hydrogen) atoms. The minimum Gasteiger partial charge on any atom is -0.352 e. The van der Waals surface area contributed by atoms with Gasteiger partial charge in [0.1, 0.15) is 16.5 Å². The molecule has 3 heterocycles. The number of thiophene rings is 1. The molecule has 4 bridgehead atoms. The predicted molar refractivity (Wildman–Crippen MR) is 137 cm³/mol. The summed E-state index contributed by atoms with van der Waals surface area (Å²) >= 11 is 1.70. The molecule has 5 nitrogen and oxygen atoms in total. The molecule has 0 unspecified atom stereocenters. The lowest BCUT2D eigenvalue weighted by molar-refractivity contribution is -0.158. The number of amides is 1. The fourth-order valence-corrected chi connectivity index (χ4v) is 8.90. The fraction of sp³-hybridized carbons (Fsp3) is 0.536. The van der Waals surface area contributed by atoms with E-state index >= 15 is 0 Å². The number of aryl methyl sites for hydroxylation is 1. The van der Waals surface area contributed by atoms with Crippen LogP contribution in [0.3, 0.4) is 0 Å². The van der Waals surface area contributed by atoms with Crippen LogP contribution in [0.15, 0.2) is 35.7 Å². The molecule has 6 heteroatoms. The van der Waals surface area contributed by atoms with E-state index in [-0.39, 0.29) is 5.41 Å². The number of nitrogens with zero attached hydrogens (tertiary/aromatic N) is 4. The summed E-state index contributed by atoms with van der Waals surface area (Å²) in [6.45, 7) is 5.27. The average Bonchev–Trinajstić information content (AvgIpc) is 3.27. The van der Waals surface area contributed by atoms with Crippen LogP contribution in [0, 0.1) is 30.1 Å². The van der Waals surface area contributed by atoms with Crippen LogP contribution >= 0.6 is 11.3 Å². The topological polar surface area (TPSA) is 49.3 Å². The number of carbonyl (C=O) groups is 1. The van der Waals surface area contributed by atoms with Crippen LogP contribution in [0.25, 0.3) is 21.3 Å². The van der Waals surface area contributed by atoms with Gasteiger partial charge in [0.25, 0.3) is 0 Å². The van der Waals surface area contributed by atoms with Gasteiger partial charge in [0.2, 0.25) is 5.91 Å². The Morgan fingerprint density at radius 1 is 0.941 bits per heavy atom. The first-order chi connectivity index (χ1) is 16.6. The van der Waals surface area contributed by atoms with Crippen LogP contribution in [-0.4, -0.2) is 47.0 Å². The maximum Gasteiger partial charge on any atom is 0.228 e. The second-order valence-corrected chi connectivity index (χ2v) is 12.1. The highest BCUT2D eigenvalue weighted by Gasteiger charge is 2.55. The molecular weight excluding hydrogens is 440 g/mol. The molecular formula is C28H32N4OS. The standard InChI is InChI=1S/C28H32N4OS/c1-18-29-25(24-23(17-34-26(24)30-18)22-5-3-2-4-6-22)31-7-9-32(10-8-31)27(33)28-14-19-11-20(15-28)13-21(12-19)16-28/h2-6,17,19-21H,7-16H2,1H3. The molecule has 1 saturated heterocycles. The first-order valence-corrected chi connectivity index (χ1v) is 13.8. The highest BCUT2D eigenvalue weighted by molar-refractivity contribution is 7.17. The summed E-state index contributed by atoms with van der Waals surface area (Å²) in [6, 6.07) is 10.5. The van der Waals surface area contributed by atoms with Crippen molar-refractivity contribution >= 4 is 33.3 Å². The molecule has 5 aliphatic rings. The summed E-state index contributed by atoms with van der Waals surface area (Å²) in [4.78, 5) is 29.1. The lowest BCUT2D eigenvalue weighted by atomic mass is 9.49. The van der Waals surface area contributed by atoms with E-state index in [2.05, 4.69) is 45.5 Å². The predicted octanol–water partition coefficient (Wildman–Crippen LogP) is 5.53. The molecule has 0 N–H and O–H groups in total. The lowest BCUT2D eigenvalue weighted by Gasteiger charge is -2.57. The number of aromatic nitrogens is 2. The molecule has 2 aromatic heterocycles. The van der Waals surface area contributed by atoms with Gasteiger partial charge < -0.3 is 9.80 Å². The maximum atomic E-state index is 13.8. The van der Waals surface area contributed by atoms with Crippen molar-refractivity contribution in [2.75, 3.05) is 31.1 Å². The zero-order valence-electron chi connectivity index (χ0n) is 19.9. The molecule has 4 aliphatic carbocycles. The van der Waals surface area contributed by atoms with E-state index in [1.807, 2.05) is 6.92 Å². The van der Waals surface area contributed by atoms with Crippen molar-refractivity contribution in [1.29, 1.82) is 0 Å². The van der Waals surface area contributed by atoms with Gasteiger partial charge in [-0.3, -0.25) is 4.79 Å². The molecule has 3 aromatic rings. The number of hydrogen-bond acceptors (Lipinski definition) is 5. The van der Waals surface area contributed by atoms with Gasteiger partial charge in [-0.25, -0.2) is 9.97 Å². The lowest BCUT2D eigenvalue weighted by Crippen LogP contribution is -2.58. The number of piperazine rings is 1. The molecule has 176 valence electrons. The molecule has 0 atom stereocenters. The van der Waals surface area contributed by atoms with E-state index < -0.39 is 0 Å². The Kier molecular flexibility index (Phi) is 4.77. The monoisotopic (exact) mass is 472 g/mol. The van der Waals surface area contributed by atoms with Crippen molar-refractivity contribution in [3.8, 4) is 11.1 Å². The SMILES string of the molecule is Cc1nc(N2CCN(C(=O)C34CC5CC(CC(C5)C3)C4)CC2)c2c(-c3ccccc3)csc2n1. The van der Waals surface area contributed by atoms with Crippen molar-refractivity contribution < 1.29 is 4.79 Å². The van der Waals surface area contributed by atoms with E-state index in [0.717, 1.165) is 85.1 Å². The Bertz CT molecular complexity index is 1210. The molecule has 1 amide bonds. The van der Waals surface area contributed by atoms with Crippen LogP contribution < -0.4 is 4.90 Å². The van der Waals surface area contributed by atoms with Gasteiger partial charge in [0.05, 0.1) is 10.8 Å². The molecule has 1 aliphatic heterocycles. The Labute approximate surface area is 205 Å². The minimum atomic E-state index is -0.0382. The van der Waals surface area contributed by atoms with Gasteiger partial charge >= 0.3 is 0 Å². The second-order valence-electron chi connectivity index (χ2n) is 11.3. The molecule has 8 rings (SSSR count). The average molecular weight is 473 g/mol. The summed E-state index contributed by atoms with van der Waals surface area (Å²) < 4.78 is 0. The highest BCUT2D eigenvalue weighted by Crippen LogP contribution is 2.60. The van der Waals surface area contributed by atoms with Crippen molar-refractivity contribution in [1.82, 2.24) is 14.9 Å². The number of hydrogen-bond donors (Lipinski definition) is 0. The van der Waals surface area contributed by atoms with Crippen LogP contribution in [0.1, 0.15) is 44.3 Å². The number of anilines is 1. The van der Waals surface area contributed by atoms with Gasteiger partial charge in [-0.15, -0.1) is 11.3 Å². The smallest absolute Gasteiger partial charge is 0.228 e. The zero-order valence-corrected chi connectivity index (χ0v) is 20.7. The van der Waals surface area contributed by atoms with Gasteiger partial charge in [-0.2, -0.15) is 0 Å². The third kappa shape index (κ3) is 3.29. The van der Waals surface area contributed by atoms with Crippen molar-refractivity contribution in [2.24, 2.45) is 23.2 Å². The van der Waals surface area contributed by atoms with E-state index in [1.54, 1.807) is 11.3 Å². The Hall–Kier alpha value is -2.47. The normalized spacial score (nSPS) is 30.3. The zero-order chi connectivity index (χ0) is 22.9. The molecule has 0 spiro atoms. The van der Waals surface area contributed by atoms with E-state index in [0.29, 0.717) is 5.91 Å². The summed E-state index contributed by atoms with van der Waals surface area (Å²) in [7, 11) is 0. The first kappa shape index (κ1) is 20.9. The van der Waals surface area contributed by atoms with Gasteiger partial charge in [-0.1, -0.05) is 30.3 Å². The Morgan fingerprint density at radius 3 is 2.24 bits per heavy atom. The van der Waals surface area contributed by atoms with E-state index in [4.69, 9.17) is 9.97 Å². The van der Waals surface area contributed by atoms with Crippen molar-refractivity contribution in [2.45, 2.75) is 45.4 Å². The van der Waals surface area contributed by atoms with Crippen LogP contribution in [-0.2, 0) is 4.79 Å². The number of benzene rings is 1. The van der Waals surface area contributed by atoms with E-state index in [1.165, 1.54) is 30.4 Å². The summed E-state index contributed by atoms with van der Waals surface area (Å²) in [5.41, 5.74) is 2.38. The van der Waals surface area contributed by atoms with Gasteiger partial charge in [0.15, 0.2) is 0 Å². The number of rotatable bonds is 3. The Morgan fingerprint density at radius 2 is 1.59 bits per heavy atom. The minimum absolute atomic E-state index is 0.0382. The summed E-state index contributed by atoms with van der Waals surface area (Å²) in [5.74, 6) is 4.74. The molecule has 1 aromatic carbocycles. The number of fused-ring (bicyclic) bond motifs is 1. The third-order valence-corrected chi connectivity index (χ3v) is 9.84. The fourth-order valence-electron chi connectivity index (χ4n) is 7.92. The second kappa shape index (κ2) is 7.77. The molecule has 5 fully saturated rings. The highest BCUT2D eigenvalue weighted by atomic mass is 32.1. The quantitative estimate of drug-likeness (QED) is 0.503. The number of carbonyl (C=O) groups excluding carboxylic acids is 1. The Balaban J connectivity index is 1.15. The van der Waals surface area contributed by atoms with E-state index in [9.17, 15) is 4.79 Å².